The number of phenolic OH excluding ortho intramolecular Hbond substituents is 1. The van der Waals surface area contributed by atoms with Gasteiger partial charge in [0.15, 0.2) is 0 Å². The summed E-state index contributed by atoms with van der Waals surface area (Å²) in [6.07, 6.45) is 3.38. The van der Waals surface area contributed by atoms with E-state index >= 15 is 0 Å². The van der Waals surface area contributed by atoms with Crippen LogP contribution in [0.3, 0.4) is 0 Å². The zero-order valence-corrected chi connectivity index (χ0v) is 14.6. The second kappa shape index (κ2) is 7.27. The van der Waals surface area contributed by atoms with E-state index in [4.69, 9.17) is 4.42 Å². The average Bonchev–Trinajstić information content (AvgIpc) is 2.62. The van der Waals surface area contributed by atoms with Gasteiger partial charge in [0.25, 0.3) is 0 Å². The van der Waals surface area contributed by atoms with Crippen LogP contribution in [0.2, 0.25) is 0 Å². The van der Waals surface area contributed by atoms with Crippen molar-refractivity contribution < 1.29 is 19.1 Å². The van der Waals surface area contributed by atoms with Crippen molar-refractivity contribution in [2.24, 2.45) is 0 Å². The van der Waals surface area contributed by atoms with Crippen molar-refractivity contribution in [2.75, 3.05) is 20.2 Å². The summed E-state index contributed by atoms with van der Waals surface area (Å²) in [7, 11) is 1.29. The summed E-state index contributed by atoms with van der Waals surface area (Å²) in [5, 5.41) is 11.1. The van der Waals surface area contributed by atoms with Crippen LogP contribution in [0.25, 0.3) is 11.0 Å². The largest absolute Gasteiger partial charge is 0.507 e. The maximum Gasteiger partial charge on any atom is 0.340 e. The number of hydrogen-bond donors (Lipinski definition) is 1. The zero-order chi connectivity index (χ0) is 18.0. The molecule has 25 heavy (non-hydrogen) atoms. The van der Waals surface area contributed by atoms with Crippen molar-refractivity contribution in [2.45, 2.75) is 39.2 Å². The standard InChI is InChI=1S/C19H23NO5/c1-12-13-6-7-16(21)15(11-20-8-4-3-5-9-20)18(13)25-19(23)14(12)10-17(22)24-2/h6-7,21H,3-5,8-11H2,1-2H3. The number of carbonyl (C=O) groups is 1. The van der Waals surface area contributed by atoms with Gasteiger partial charge >= 0.3 is 11.6 Å². The molecule has 0 aliphatic carbocycles. The SMILES string of the molecule is COC(=O)Cc1c(C)c2ccc(O)c(CN3CCCCC3)c2oc1=O. The molecule has 0 spiro atoms. The monoisotopic (exact) mass is 345 g/mol. The Labute approximate surface area is 146 Å². The molecule has 0 bridgehead atoms. The summed E-state index contributed by atoms with van der Waals surface area (Å²) >= 11 is 0. The number of ether oxygens (including phenoxy) is 1. The van der Waals surface area contributed by atoms with Gasteiger partial charge in [-0.05, 0) is 50.6 Å². The molecule has 0 radical (unpaired) electrons. The zero-order valence-electron chi connectivity index (χ0n) is 14.6. The highest BCUT2D eigenvalue weighted by molar-refractivity contribution is 5.87. The molecule has 0 amide bonds. The Hall–Kier alpha value is -2.34. The molecule has 1 aromatic heterocycles. The Balaban J connectivity index is 2.07. The molecule has 6 heteroatoms. The summed E-state index contributed by atoms with van der Waals surface area (Å²) in [6, 6.07) is 3.35. The number of aryl methyl sites for hydroxylation is 1. The van der Waals surface area contributed by atoms with E-state index in [9.17, 15) is 14.7 Å². The fourth-order valence-corrected chi connectivity index (χ4v) is 3.41. The first-order valence-corrected chi connectivity index (χ1v) is 8.57. The fraction of sp³-hybridized carbons (Fsp3) is 0.474. The van der Waals surface area contributed by atoms with Crippen LogP contribution in [-0.2, 0) is 22.5 Å². The van der Waals surface area contributed by atoms with E-state index in [0.717, 1.165) is 31.3 Å². The maximum absolute atomic E-state index is 12.4. The molecule has 1 N–H and O–H groups in total. The van der Waals surface area contributed by atoms with E-state index in [2.05, 4.69) is 9.64 Å². The smallest absolute Gasteiger partial charge is 0.340 e. The quantitative estimate of drug-likeness (QED) is 0.677. The van der Waals surface area contributed by atoms with Crippen molar-refractivity contribution in [1.82, 2.24) is 4.90 Å². The lowest BCUT2D eigenvalue weighted by Crippen LogP contribution is -2.29. The summed E-state index contributed by atoms with van der Waals surface area (Å²) in [5.74, 6) is -0.358. The van der Waals surface area contributed by atoms with Crippen molar-refractivity contribution in [3.63, 3.8) is 0 Å². The number of nitrogens with zero attached hydrogens (tertiary/aromatic N) is 1. The van der Waals surface area contributed by atoms with Gasteiger partial charge in [-0.25, -0.2) is 4.79 Å². The molecule has 0 saturated carbocycles. The molecular formula is C19H23NO5. The molecule has 2 heterocycles. The number of likely N-dealkylation sites (tertiary alicyclic amines) is 1. The minimum absolute atomic E-state index is 0.122. The second-order valence-corrected chi connectivity index (χ2v) is 6.52. The molecular weight excluding hydrogens is 322 g/mol. The third-order valence-electron chi connectivity index (χ3n) is 4.91. The molecule has 6 nitrogen and oxygen atoms in total. The highest BCUT2D eigenvalue weighted by atomic mass is 16.5. The molecule has 2 aromatic rings. The van der Waals surface area contributed by atoms with Gasteiger partial charge in [-0.1, -0.05) is 6.42 Å². The van der Waals surface area contributed by atoms with E-state index in [1.807, 2.05) is 0 Å². The number of fused-ring (bicyclic) bond motifs is 1. The third-order valence-corrected chi connectivity index (χ3v) is 4.91. The predicted molar refractivity (Wildman–Crippen MR) is 93.7 cm³/mol. The Morgan fingerprint density at radius 2 is 1.96 bits per heavy atom. The number of phenols is 1. The van der Waals surface area contributed by atoms with Gasteiger partial charge in [0.05, 0.1) is 24.7 Å². The molecule has 0 unspecified atom stereocenters. The second-order valence-electron chi connectivity index (χ2n) is 6.52. The molecule has 1 aromatic carbocycles. The van der Waals surface area contributed by atoms with Crippen LogP contribution < -0.4 is 5.63 Å². The summed E-state index contributed by atoms with van der Waals surface area (Å²) in [4.78, 5) is 26.2. The number of rotatable bonds is 4. The number of carbonyl (C=O) groups excluding carboxylic acids is 1. The first kappa shape index (κ1) is 17.5. The third kappa shape index (κ3) is 3.54. The Bertz CT molecular complexity index is 849. The van der Waals surface area contributed by atoms with Crippen molar-refractivity contribution >= 4 is 16.9 Å². The minimum Gasteiger partial charge on any atom is -0.507 e. The number of hydrogen-bond acceptors (Lipinski definition) is 6. The van der Waals surface area contributed by atoms with Crippen LogP contribution in [0.5, 0.6) is 5.75 Å². The van der Waals surface area contributed by atoms with Gasteiger partial charge in [-0.2, -0.15) is 0 Å². The van der Waals surface area contributed by atoms with E-state index in [1.54, 1.807) is 19.1 Å². The average molecular weight is 345 g/mol. The van der Waals surface area contributed by atoms with Crippen LogP contribution in [0, 0.1) is 6.92 Å². The molecule has 1 fully saturated rings. The molecule has 0 atom stereocenters. The molecule has 134 valence electrons. The van der Waals surface area contributed by atoms with Crippen molar-refractivity contribution in [3.05, 3.63) is 39.2 Å². The maximum atomic E-state index is 12.4. The summed E-state index contributed by atoms with van der Waals surface area (Å²) < 4.78 is 10.2. The first-order valence-electron chi connectivity index (χ1n) is 8.57. The van der Waals surface area contributed by atoms with Gasteiger partial charge in [0.2, 0.25) is 0 Å². The topological polar surface area (TPSA) is 80.0 Å². The molecule has 1 aliphatic heterocycles. The highest BCUT2D eigenvalue weighted by Gasteiger charge is 2.20. The van der Waals surface area contributed by atoms with E-state index in [0.29, 0.717) is 28.8 Å². The fourth-order valence-electron chi connectivity index (χ4n) is 3.41. The van der Waals surface area contributed by atoms with Crippen LogP contribution in [0.4, 0.5) is 0 Å². The van der Waals surface area contributed by atoms with Crippen molar-refractivity contribution in [3.8, 4) is 5.75 Å². The Morgan fingerprint density at radius 1 is 1.24 bits per heavy atom. The summed E-state index contributed by atoms with van der Waals surface area (Å²) in [6.45, 7) is 4.28. The number of methoxy groups -OCH3 is 1. The van der Waals surface area contributed by atoms with Crippen molar-refractivity contribution in [1.29, 1.82) is 0 Å². The first-order chi connectivity index (χ1) is 12.0. The Morgan fingerprint density at radius 3 is 2.64 bits per heavy atom. The minimum atomic E-state index is -0.555. The molecule has 3 rings (SSSR count). The van der Waals surface area contributed by atoms with E-state index in [1.165, 1.54) is 13.5 Å². The number of benzene rings is 1. The van der Waals surface area contributed by atoms with Gasteiger partial charge < -0.3 is 14.3 Å². The lowest BCUT2D eigenvalue weighted by atomic mass is 10.00. The number of aromatic hydroxyl groups is 1. The van der Waals surface area contributed by atoms with Gasteiger partial charge in [0, 0.05) is 11.9 Å². The van der Waals surface area contributed by atoms with Crippen LogP contribution in [-0.4, -0.2) is 36.2 Å². The molecule has 1 aliphatic rings. The normalized spacial score (nSPS) is 15.4. The number of piperidine rings is 1. The predicted octanol–water partition coefficient (Wildman–Crippen LogP) is 2.51. The summed E-state index contributed by atoms with van der Waals surface area (Å²) in [5.41, 5.74) is 1.47. The van der Waals surface area contributed by atoms with E-state index in [-0.39, 0.29) is 12.2 Å². The Kier molecular flexibility index (Phi) is 5.08. The number of esters is 1. The van der Waals surface area contributed by atoms with Crippen LogP contribution >= 0.6 is 0 Å². The van der Waals surface area contributed by atoms with Gasteiger partial charge in [-0.15, -0.1) is 0 Å². The van der Waals surface area contributed by atoms with E-state index < -0.39 is 11.6 Å². The van der Waals surface area contributed by atoms with Crippen LogP contribution in [0.1, 0.15) is 36.0 Å². The lowest BCUT2D eigenvalue weighted by molar-refractivity contribution is -0.139. The van der Waals surface area contributed by atoms with Gasteiger partial charge in [-0.3, -0.25) is 9.69 Å². The van der Waals surface area contributed by atoms with Crippen LogP contribution in [0.15, 0.2) is 21.3 Å². The lowest BCUT2D eigenvalue weighted by Gasteiger charge is -2.27. The van der Waals surface area contributed by atoms with Gasteiger partial charge in [0.1, 0.15) is 11.3 Å². The molecule has 1 saturated heterocycles. The highest BCUT2D eigenvalue weighted by Crippen LogP contribution is 2.31.